The summed E-state index contributed by atoms with van der Waals surface area (Å²) in [4.78, 5) is 26.4. The van der Waals surface area contributed by atoms with Crippen LogP contribution in [0.1, 0.15) is 35.4 Å². The molecule has 2 aromatic carbocycles. The van der Waals surface area contributed by atoms with Crippen molar-refractivity contribution in [3.05, 3.63) is 69.2 Å². The van der Waals surface area contributed by atoms with Crippen LogP contribution in [0.2, 0.25) is 0 Å². The average Bonchev–Trinajstić information content (AvgIpc) is 3.18. The standard InChI is InChI=1S/C25H26N4O4/c1-13-10-14(2)21(15(3)11-13)26-24(30)16(4)29-25(31)23-20(17(5)33-28-23)22(27-29)18-8-7-9-19(12-18)32-6/h7-12,16H,1-6H3,(H,26,30)/t16-/m0/s1. The lowest BCUT2D eigenvalue weighted by Gasteiger charge is -2.18. The summed E-state index contributed by atoms with van der Waals surface area (Å²) in [5.41, 5.74) is 4.60. The molecule has 0 bridgehead atoms. The van der Waals surface area contributed by atoms with Gasteiger partial charge in [0.1, 0.15) is 23.2 Å². The number of ether oxygens (including phenoxy) is 1. The molecule has 0 aliphatic carbocycles. The first-order valence-electron chi connectivity index (χ1n) is 10.6. The van der Waals surface area contributed by atoms with E-state index in [4.69, 9.17) is 9.26 Å². The van der Waals surface area contributed by atoms with E-state index in [1.807, 2.05) is 57.2 Å². The Labute approximate surface area is 191 Å². The third kappa shape index (κ3) is 4.00. The van der Waals surface area contributed by atoms with Crippen LogP contribution in [-0.4, -0.2) is 28.0 Å². The molecule has 0 spiro atoms. The fourth-order valence-corrected chi connectivity index (χ4v) is 4.06. The molecule has 0 unspecified atom stereocenters. The smallest absolute Gasteiger partial charge is 0.297 e. The lowest BCUT2D eigenvalue weighted by Crippen LogP contribution is -2.34. The first-order valence-corrected chi connectivity index (χ1v) is 10.6. The first kappa shape index (κ1) is 22.3. The summed E-state index contributed by atoms with van der Waals surface area (Å²) < 4.78 is 11.8. The van der Waals surface area contributed by atoms with Crippen molar-refractivity contribution in [2.24, 2.45) is 0 Å². The van der Waals surface area contributed by atoms with Crippen LogP contribution < -0.4 is 15.6 Å². The molecule has 2 heterocycles. The largest absolute Gasteiger partial charge is 0.497 e. The molecule has 8 nitrogen and oxygen atoms in total. The van der Waals surface area contributed by atoms with Crippen LogP contribution >= 0.6 is 0 Å². The molecule has 1 N–H and O–H groups in total. The van der Waals surface area contributed by atoms with Crippen LogP contribution in [0, 0.1) is 27.7 Å². The lowest BCUT2D eigenvalue weighted by atomic mass is 10.0. The van der Waals surface area contributed by atoms with Crippen LogP contribution in [0.25, 0.3) is 22.2 Å². The van der Waals surface area contributed by atoms with Gasteiger partial charge in [-0.1, -0.05) is 35.0 Å². The summed E-state index contributed by atoms with van der Waals surface area (Å²) in [5.74, 6) is 0.767. The molecule has 33 heavy (non-hydrogen) atoms. The summed E-state index contributed by atoms with van der Waals surface area (Å²) in [6.07, 6.45) is 0. The predicted octanol–water partition coefficient (Wildman–Crippen LogP) is 4.49. The Hall–Kier alpha value is -3.94. The highest BCUT2D eigenvalue weighted by Crippen LogP contribution is 2.30. The highest BCUT2D eigenvalue weighted by atomic mass is 16.5. The van der Waals surface area contributed by atoms with E-state index >= 15 is 0 Å². The molecule has 4 aromatic rings. The average molecular weight is 447 g/mol. The minimum absolute atomic E-state index is 0.127. The van der Waals surface area contributed by atoms with E-state index in [0.29, 0.717) is 22.6 Å². The highest BCUT2D eigenvalue weighted by Gasteiger charge is 2.25. The zero-order valence-corrected chi connectivity index (χ0v) is 19.5. The SMILES string of the molecule is COc1cccc(-c2nn([C@@H](C)C(=O)Nc3c(C)cc(C)cc3C)c(=O)c3noc(C)c23)c1. The van der Waals surface area contributed by atoms with Crippen LogP contribution in [0.5, 0.6) is 5.75 Å². The Morgan fingerprint density at radius 2 is 1.82 bits per heavy atom. The topological polar surface area (TPSA) is 99.2 Å². The molecule has 1 atom stereocenters. The predicted molar refractivity (Wildman–Crippen MR) is 127 cm³/mol. The van der Waals surface area contributed by atoms with E-state index < -0.39 is 11.6 Å². The second kappa shape index (κ2) is 8.54. The lowest BCUT2D eigenvalue weighted by molar-refractivity contribution is -0.119. The number of methoxy groups -OCH3 is 1. The molecular formula is C25H26N4O4. The molecule has 0 aliphatic heterocycles. The molecule has 0 radical (unpaired) electrons. The number of rotatable bonds is 5. The van der Waals surface area contributed by atoms with Crippen molar-refractivity contribution in [3.63, 3.8) is 0 Å². The Kier molecular flexibility index (Phi) is 5.76. The number of anilines is 1. The summed E-state index contributed by atoms with van der Waals surface area (Å²) in [7, 11) is 1.58. The number of benzene rings is 2. The van der Waals surface area contributed by atoms with Crippen molar-refractivity contribution in [2.45, 2.75) is 40.7 Å². The van der Waals surface area contributed by atoms with Gasteiger partial charge in [0.15, 0.2) is 5.52 Å². The number of nitrogens with one attached hydrogen (secondary N) is 1. The number of aromatic nitrogens is 3. The fraction of sp³-hybridized carbons (Fsp3) is 0.280. The Morgan fingerprint density at radius 1 is 1.12 bits per heavy atom. The molecule has 0 saturated carbocycles. The van der Waals surface area contributed by atoms with Gasteiger partial charge in [0, 0.05) is 11.3 Å². The van der Waals surface area contributed by atoms with E-state index in [9.17, 15) is 9.59 Å². The van der Waals surface area contributed by atoms with Crippen molar-refractivity contribution < 1.29 is 14.1 Å². The second-order valence-corrected chi connectivity index (χ2v) is 8.23. The molecule has 1 amide bonds. The van der Waals surface area contributed by atoms with E-state index in [0.717, 1.165) is 32.6 Å². The minimum Gasteiger partial charge on any atom is -0.497 e. The number of carbonyl (C=O) groups is 1. The van der Waals surface area contributed by atoms with Gasteiger partial charge < -0.3 is 14.6 Å². The summed E-state index contributed by atoms with van der Waals surface area (Å²) in [5, 5.41) is 12.0. The van der Waals surface area contributed by atoms with E-state index in [-0.39, 0.29) is 11.4 Å². The monoisotopic (exact) mass is 446 g/mol. The van der Waals surface area contributed by atoms with E-state index in [2.05, 4.69) is 15.6 Å². The van der Waals surface area contributed by atoms with Crippen LogP contribution in [0.15, 0.2) is 45.7 Å². The normalized spacial score (nSPS) is 12.1. The third-order valence-corrected chi connectivity index (χ3v) is 5.73. The van der Waals surface area contributed by atoms with E-state index in [1.165, 1.54) is 0 Å². The molecule has 0 saturated heterocycles. The molecule has 2 aromatic heterocycles. The quantitative estimate of drug-likeness (QED) is 0.485. The molecule has 0 fully saturated rings. The van der Waals surface area contributed by atoms with Crippen LogP contribution in [-0.2, 0) is 4.79 Å². The zero-order chi connectivity index (χ0) is 23.9. The summed E-state index contributed by atoms with van der Waals surface area (Å²) in [6.45, 7) is 9.25. The van der Waals surface area contributed by atoms with Crippen molar-refractivity contribution in [1.82, 2.24) is 14.9 Å². The molecule has 170 valence electrons. The van der Waals surface area contributed by atoms with Gasteiger partial charge in [-0.05, 0) is 57.9 Å². The van der Waals surface area contributed by atoms with Gasteiger partial charge in [0.05, 0.1) is 12.5 Å². The maximum absolute atomic E-state index is 13.2. The number of nitrogens with zero attached hydrogens (tertiary/aromatic N) is 3. The number of aryl methyl sites for hydroxylation is 4. The second-order valence-electron chi connectivity index (χ2n) is 8.23. The van der Waals surface area contributed by atoms with Gasteiger partial charge in [-0.3, -0.25) is 9.59 Å². The van der Waals surface area contributed by atoms with Crippen LogP contribution in [0.3, 0.4) is 0 Å². The minimum atomic E-state index is -0.886. The third-order valence-electron chi connectivity index (χ3n) is 5.73. The summed E-state index contributed by atoms with van der Waals surface area (Å²) in [6, 6.07) is 10.4. The Morgan fingerprint density at radius 3 is 2.48 bits per heavy atom. The van der Waals surface area contributed by atoms with E-state index in [1.54, 1.807) is 21.0 Å². The van der Waals surface area contributed by atoms with Gasteiger partial charge in [-0.15, -0.1) is 0 Å². The first-order chi connectivity index (χ1) is 15.7. The van der Waals surface area contributed by atoms with Crippen LogP contribution in [0.4, 0.5) is 5.69 Å². The fourth-order valence-electron chi connectivity index (χ4n) is 4.06. The Bertz CT molecular complexity index is 1410. The maximum atomic E-state index is 13.2. The van der Waals surface area contributed by atoms with Gasteiger partial charge in [0.2, 0.25) is 5.91 Å². The highest BCUT2D eigenvalue weighted by molar-refractivity contribution is 5.96. The van der Waals surface area contributed by atoms with Crippen molar-refractivity contribution in [2.75, 3.05) is 12.4 Å². The van der Waals surface area contributed by atoms with Gasteiger partial charge in [-0.25, -0.2) is 4.68 Å². The van der Waals surface area contributed by atoms with Gasteiger partial charge >= 0.3 is 0 Å². The zero-order valence-electron chi connectivity index (χ0n) is 19.5. The number of fused-ring (bicyclic) bond motifs is 1. The number of carbonyl (C=O) groups excluding carboxylic acids is 1. The van der Waals surface area contributed by atoms with Crippen molar-refractivity contribution in [3.8, 4) is 17.0 Å². The number of hydrogen-bond acceptors (Lipinski definition) is 6. The number of amides is 1. The summed E-state index contributed by atoms with van der Waals surface area (Å²) >= 11 is 0. The maximum Gasteiger partial charge on any atom is 0.297 e. The van der Waals surface area contributed by atoms with Crippen molar-refractivity contribution >= 4 is 22.5 Å². The molecule has 0 aliphatic rings. The number of hydrogen-bond donors (Lipinski definition) is 1. The van der Waals surface area contributed by atoms with Crippen molar-refractivity contribution in [1.29, 1.82) is 0 Å². The molecular weight excluding hydrogens is 420 g/mol. The molecule has 8 heteroatoms. The van der Waals surface area contributed by atoms with Gasteiger partial charge in [0.25, 0.3) is 5.56 Å². The Balaban J connectivity index is 1.82. The molecule has 4 rings (SSSR count). The van der Waals surface area contributed by atoms with Gasteiger partial charge in [-0.2, -0.15) is 5.10 Å².